The number of carbonyl (C=O) groups excluding carboxylic acids is 1. The minimum absolute atomic E-state index is 0.183. The van der Waals surface area contributed by atoms with Gasteiger partial charge in [-0.3, -0.25) is 4.79 Å². The zero-order valence-electron chi connectivity index (χ0n) is 16.9. The standard InChI is InChI=1S/C23H22N4OS2/c1-13-6-3-4-7-15(13)25-22(28)21-20(24)19-18(17-8-5-11-29-17)14-12-27(2)10-9-16(14)26-23(19)30-21/h3-8,11H,9-10,12,24H2,1-2H3,(H,25,28). The molecule has 3 aromatic heterocycles. The number of nitrogen functional groups attached to an aromatic ring is 1. The summed E-state index contributed by atoms with van der Waals surface area (Å²) in [6, 6.07) is 11.9. The van der Waals surface area contributed by atoms with Crippen LogP contribution < -0.4 is 11.1 Å². The van der Waals surface area contributed by atoms with E-state index in [2.05, 4.69) is 34.8 Å². The summed E-state index contributed by atoms with van der Waals surface area (Å²) in [5.41, 5.74) is 12.4. The summed E-state index contributed by atoms with van der Waals surface area (Å²) in [7, 11) is 2.13. The maximum absolute atomic E-state index is 13.1. The Balaban J connectivity index is 1.68. The molecule has 0 aliphatic carbocycles. The van der Waals surface area contributed by atoms with Crippen LogP contribution in [0.5, 0.6) is 0 Å². The number of fused-ring (bicyclic) bond motifs is 2. The molecule has 30 heavy (non-hydrogen) atoms. The average molecular weight is 435 g/mol. The molecule has 0 fully saturated rings. The van der Waals surface area contributed by atoms with Crippen LogP contribution in [0.2, 0.25) is 0 Å². The van der Waals surface area contributed by atoms with Gasteiger partial charge in [-0.25, -0.2) is 4.98 Å². The first-order chi connectivity index (χ1) is 14.5. The van der Waals surface area contributed by atoms with Crippen LogP contribution >= 0.6 is 22.7 Å². The van der Waals surface area contributed by atoms with E-state index in [1.165, 1.54) is 21.8 Å². The number of benzene rings is 1. The van der Waals surface area contributed by atoms with Gasteiger partial charge in [0, 0.05) is 46.7 Å². The number of carbonyl (C=O) groups is 1. The Morgan fingerprint density at radius 2 is 2.07 bits per heavy atom. The van der Waals surface area contributed by atoms with Gasteiger partial charge in [-0.15, -0.1) is 22.7 Å². The molecule has 7 heteroatoms. The van der Waals surface area contributed by atoms with Crippen molar-refractivity contribution in [3.05, 3.63) is 63.5 Å². The lowest BCUT2D eigenvalue weighted by molar-refractivity contribution is 0.103. The lowest BCUT2D eigenvalue weighted by Crippen LogP contribution is -2.27. The molecular formula is C23H22N4OS2. The fourth-order valence-corrected chi connectivity index (χ4v) is 5.84. The number of aryl methyl sites for hydroxylation is 1. The Labute approximate surface area is 183 Å². The van der Waals surface area contributed by atoms with E-state index in [0.717, 1.165) is 52.2 Å². The number of hydrogen-bond acceptors (Lipinski definition) is 6. The maximum atomic E-state index is 13.1. The Morgan fingerprint density at radius 1 is 1.23 bits per heavy atom. The number of nitrogens with two attached hydrogens (primary N) is 1. The zero-order valence-corrected chi connectivity index (χ0v) is 18.5. The minimum Gasteiger partial charge on any atom is -0.397 e. The molecule has 0 spiro atoms. The number of likely N-dealkylation sites (N-methyl/N-ethyl adjacent to an activating group) is 1. The first kappa shape index (κ1) is 19.2. The quantitative estimate of drug-likeness (QED) is 0.467. The van der Waals surface area contributed by atoms with Crippen LogP contribution in [0.1, 0.15) is 26.5 Å². The van der Waals surface area contributed by atoms with Gasteiger partial charge in [0.2, 0.25) is 0 Å². The van der Waals surface area contributed by atoms with Gasteiger partial charge in [-0.1, -0.05) is 24.3 Å². The molecule has 0 saturated heterocycles. The molecule has 4 aromatic rings. The summed E-state index contributed by atoms with van der Waals surface area (Å²) in [5.74, 6) is -0.183. The second-order valence-corrected chi connectivity index (χ2v) is 9.62. The number of anilines is 2. The highest BCUT2D eigenvalue weighted by molar-refractivity contribution is 7.21. The molecule has 0 saturated carbocycles. The summed E-state index contributed by atoms with van der Waals surface area (Å²) >= 11 is 3.08. The van der Waals surface area contributed by atoms with Crippen molar-refractivity contribution in [3.8, 4) is 10.4 Å². The topological polar surface area (TPSA) is 71.2 Å². The summed E-state index contributed by atoms with van der Waals surface area (Å²) in [6.45, 7) is 3.80. The van der Waals surface area contributed by atoms with Crippen molar-refractivity contribution in [3.63, 3.8) is 0 Å². The average Bonchev–Trinajstić information content (AvgIpc) is 3.37. The zero-order chi connectivity index (χ0) is 20.8. The number of nitrogens with zero attached hydrogens (tertiary/aromatic N) is 2. The van der Waals surface area contributed by atoms with E-state index in [1.807, 2.05) is 31.2 Å². The highest BCUT2D eigenvalue weighted by Crippen LogP contribution is 2.44. The smallest absolute Gasteiger partial charge is 0.267 e. The molecule has 1 aliphatic heterocycles. The van der Waals surface area contributed by atoms with E-state index in [0.29, 0.717) is 10.6 Å². The summed E-state index contributed by atoms with van der Waals surface area (Å²) in [6.07, 6.45) is 0.905. The molecule has 0 bridgehead atoms. The van der Waals surface area contributed by atoms with Crippen molar-refractivity contribution in [2.75, 3.05) is 24.6 Å². The van der Waals surface area contributed by atoms with Gasteiger partial charge < -0.3 is 16.0 Å². The van der Waals surface area contributed by atoms with E-state index in [-0.39, 0.29) is 5.91 Å². The molecule has 0 unspecified atom stereocenters. The SMILES string of the molecule is Cc1ccccc1NC(=O)c1sc2nc3c(c(-c4cccs4)c2c1N)CN(C)CC3. The first-order valence-corrected chi connectivity index (χ1v) is 11.6. The molecule has 3 N–H and O–H groups in total. The van der Waals surface area contributed by atoms with Crippen molar-refractivity contribution < 1.29 is 4.79 Å². The molecule has 0 radical (unpaired) electrons. The molecule has 152 valence electrons. The summed E-state index contributed by atoms with van der Waals surface area (Å²) in [5, 5.41) is 6.00. The van der Waals surface area contributed by atoms with Crippen molar-refractivity contribution in [1.82, 2.24) is 9.88 Å². The number of aromatic nitrogens is 1. The van der Waals surface area contributed by atoms with Crippen LogP contribution in [0.25, 0.3) is 20.7 Å². The predicted octanol–water partition coefficient (Wildman–Crippen LogP) is 5.16. The second-order valence-electron chi connectivity index (χ2n) is 7.67. The van der Waals surface area contributed by atoms with Crippen molar-refractivity contribution in [1.29, 1.82) is 0 Å². The van der Waals surface area contributed by atoms with Crippen LogP contribution in [0.3, 0.4) is 0 Å². The summed E-state index contributed by atoms with van der Waals surface area (Å²) < 4.78 is 0. The monoisotopic (exact) mass is 434 g/mol. The van der Waals surface area contributed by atoms with Gasteiger partial charge >= 0.3 is 0 Å². The predicted molar refractivity (Wildman–Crippen MR) is 127 cm³/mol. The lowest BCUT2D eigenvalue weighted by atomic mass is 9.96. The molecule has 5 rings (SSSR count). The highest BCUT2D eigenvalue weighted by Gasteiger charge is 2.27. The largest absolute Gasteiger partial charge is 0.397 e. The highest BCUT2D eigenvalue weighted by atomic mass is 32.1. The van der Waals surface area contributed by atoms with Crippen molar-refractivity contribution in [2.45, 2.75) is 19.9 Å². The van der Waals surface area contributed by atoms with Crippen LogP contribution in [0, 0.1) is 6.92 Å². The number of pyridine rings is 1. The molecule has 1 aromatic carbocycles. The number of hydrogen-bond donors (Lipinski definition) is 2. The van der Waals surface area contributed by atoms with Gasteiger partial charge in [-0.2, -0.15) is 0 Å². The minimum atomic E-state index is -0.183. The third kappa shape index (κ3) is 3.19. The maximum Gasteiger partial charge on any atom is 0.267 e. The number of para-hydroxylation sites is 1. The molecule has 1 amide bonds. The Morgan fingerprint density at radius 3 is 2.83 bits per heavy atom. The third-order valence-electron chi connectivity index (χ3n) is 5.59. The molecule has 0 atom stereocenters. The van der Waals surface area contributed by atoms with E-state index < -0.39 is 0 Å². The van der Waals surface area contributed by atoms with E-state index in [9.17, 15) is 4.79 Å². The second kappa shape index (κ2) is 7.50. The van der Waals surface area contributed by atoms with Gasteiger partial charge in [0.25, 0.3) is 5.91 Å². The van der Waals surface area contributed by atoms with Gasteiger partial charge in [0.05, 0.1) is 5.69 Å². The fraction of sp³-hybridized carbons (Fsp3) is 0.217. The molecule has 5 nitrogen and oxygen atoms in total. The number of thiophene rings is 2. The Kier molecular flexibility index (Phi) is 4.81. The third-order valence-corrected chi connectivity index (χ3v) is 7.57. The Hall–Kier alpha value is -2.74. The molecule has 1 aliphatic rings. The van der Waals surface area contributed by atoms with Crippen LogP contribution in [0.4, 0.5) is 11.4 Å². The van der Waals surface area contributed by atoms with Crippen LogP contribution in [-0.2, 0) is 13.0 Å². The fourth-order valence-electron chi connectivity index (χ4n) is 4.01. The number of rotatable bonds is 3. The van der Waals surface area contributed by atoms with Crippen LogP contribution in [0.15, 0.2) is 41.8 Å². The van der Waals surface area contributed by atoms with Gasteiger partial charge in [0.1, 0.15) is 9.71 Å². The van der Waals surface area contributed by atoms with Crippen LogP contribution in [-0.4, -0.2) is 29.4 Å². The lowest BCUT2D eigenvalue weighted by Gasteiger charge is -2.26. The summed E-state index contributed by atoms with van der Waals surface area (Å²) in [4.78, 5) is 22.9. The Bertz CT molecular complexity index is 1260. The van der Waals surface area contributed by atoms with Gasteiger partial charge in [0.15, 0.2) is 0 Å². The van der Waals surface area contributed by atoms with Crippen molar-refractivity contribution in [2.24, 2.45) is 0 Å². The first-order valence-electron chi connectivity index (χ1n) is 9.86. The normalized spacial score (nSPS) is 14.1. The van der Waals surface area contributed by atoms with E-state index in [1.54, 1.807) is 11.3 Å². The van der Waals surface area contributed by atoms with E-state index in [4.69, 9.17) is 10.7 Å². The number of amides is 1. The van der Waals surface area contributed by atoms with Gasteiger partial charge in [-0.05, 0) is 42.6 Å². The van der Waals surface area contributed by atoms with E-state index >= 15 is 0 Å². The number of nitrogens with one attached hydrogen (secondary N) is 1. The van der Waals surface area contributed by atoms with Crippen molar-refractivity contribution >= 4 is 50.2 Å². The molecular weight excluding hydrogens is 412 g/mol. The molecule has 4 heterocycles.